The highest BCUT2D eigenvalue weighted by Gasteiger charge is 2.10. The van der Waals surface area contributed by atoms with Gasteiger partial charge < -0.3 is 5.73 Å². The summed E-state index contributed by atoms with van der Waals surface area (Å²) in [5.41, 5.74) is 8.33. The number of hydrogen-bond donors (Lipinski definition) is 1. The average molecular weight is 278 g/mol. The van der Waals surface area contributed by atoms with Gasteiger partial charge in [0, 0.05) is 18.3 Å². The molecule has 2 rings (SSSR count). The zero-order valence-electron chi connectivity index (χ0n) is 11.2. The van der Waals surface area contributed by atoms with Gasteiger partial charge in [0.15, 0.2) is 0 Å². The number of nitrogens with zero attached hydrogens (tertiary/aromatic N) is 2. The Bertz CT molecular complexity index is 522. The van der Waals surface area contributed by atoms with Gasteiger partial charge in [0.2, 0.25) is 0 Å². The molecule has 0 saturated carbocycles. The van der Waals surface area contributed by atoms with Crippen LogP contribution in [0.2, 0.25) is 5.02 Å². The second kappa shape index (κ2) is 6.73. The Balaban J connectivity index is 1.92. The molecule has 2 aromatic rings. The molecule has 0 fully saturated rings. The minimum absolute atomic E-state index is 0.458. The Morgan fingerprint density at radius 1 is 1.37 bits per heavy atom. The predicted molar refractivity (Wildman–Crippen MR) is 79.2 cm³/mol. The van der Waals surface area contributed by atoms with Crippen LogP contribution in [0.3, 0.4) is 0 Å². The number of hydrogen-bond acceptors (Lipinski definition) is 2. The molecule has 0 aliphatic carbocycles. The molecule has 0 aliphatic rings. The topological polar surface area (TPSA) is 43.8 Å². The second-order valence-corrected chi connectivity index (χ2v) is 5.37. The number of aromatic nitrogens is 2. The summed E-state index contributed by atoms with van der Waals surface area (Å²) in [5.74, 6) is 0.458. The molecule has 1 aromatic heterocycles. The highest BCUT2D eigenvalue weighted by atomic mass is 35.5. The quantitative estimate of drug-likeness (QED) is 0.882. The molecule has 0 aliphatic heterocycles. The van der Waals surface area contributed by atoms with Crippen molar-refractivity contribution in [2.75, 3.05) is 6.54 Å². The lowest BCUT2D eigenvalue weighted by atomic mass is 9.93. The fraction of sp³-hybridized carbons (Fsp3) is 0.400. The van der Waals surface area contributed by atoms with E-state index in [4.69, 9.17) is 17.3 Å². The van der Waals surface area contributed by atoms with Crippen LogP contribution in [0.5, 0.6) is 0 Å². The van der Waals surface area contributed by atoms with Gasteiger partial charge >= 0.3 is 0 Å². The fourth-order valence-corrected chi connectivity index (χ4v) is 2.46. The van der Waals surface area contributed by atoms with Crippen LogP contribution < -0.4 is 5.73 Å². The number of rotatable bonds is 6. The van der Waals surface area contributed by atoms with Crippen LogP contribution in [0.15, 0.2) is 36.7 Å². The number of halogens is 1. The van der Waals surface area contributed by atoms with Gasteiger partial charge in [0.05, 0.1) is 6.20 Å². The maximum atomic E-state index is 6.19. The van der Waals surface area contributed by atoms with Crippen LogP contribution in [0.1, 0.15) is 17.5 Å². The van der Waals surface area contributed by atoms with E-state index in [0.29, 0.717) is 12.5 Å². The largest absolute Gasteiger partial charge is 0.330 e. The first-order valence-corrected chi connectivity index (χ1v) is 6.98. The smallest absolute Gasteiger partial charge is 0.0521 e. The van der Waals surface area contributed by atoms with Gasteiger partial charge in [0.25, 0.3) is 0 Å². The number of nitrogens with two attached hydrogens (primary N) is 1. The highest BCUT2D eigenvalue weighted by molar-refractivity contribution is 6.31. The van der Waals surface area contributed by atoms with E-state index in [1.165, 1.54) is 11.1 Å². The van der Waals surface area contributed by atoms with Crippen molar-refractivity contribution in [3.05, 3.63) is 52.8 Å². The normalized spacial score (nSPS) is 12.6. The van der Waals surface area contributed by atoms with Crippen LogP contribution in [0.25, 0.3) is 0 Å². The van der Waals surface area contributed by atoms with E-state index >= 15 is 0 Å². The maximum Gasteiger partial charge on any atom is 0.0521 e. The summed E-state index contributed by atoms with van der Waals surface area (Å²) < 4.78 is 1.83. The molecule has 19 heavy (non-hydrogen) atoms. The summed E-state index contributed by atoms with van der Waals surface area (Å²) in [5, 5.41) is 5.02. The van der Waals surface area contributed by atoms with Crippen molar-refractivity contribution < 1.29 is 0 Å². The summed E-state index contributed by atoms with van der Waals surface area (Å²) in [6, 6.07) is 8.00. The third-order valence-electron chi connectivity index (χ3n) is 3.40. The summed E-state index contributed by atoms with van der Waals surface area (Å²) in [6.45, 7) is 0.686. The lowest BCUT2D eigenvalue weighted by Gasteiger charge is -2.15. The summed E-state index contributed by atoms with van der Waals surface area (Å²) in [4.78, 5) is 0. The Kier molecular flexibility index (Phi) is 5.00. The SMILES string of the molecule is Cn1cc(CCC(CN)Cc2ccccc2Cl)cn1. The van der Waals surface area contributed by atoms with Gasteiger partial charge in [-0.1, -0.05) is 29.8 Å². The molecule has 102 valence electrons. The first kappa shape index (κ1) is 14.1. The summed E-state index contributed by atoms with van der Waals surface area (Å²) in [7, 11) is 1.94. The monoisotopic (exact) mass is 277 g/mol. The highest BCUT2D eigenvalue weighted by Crippen LogP contribution is 2.21. The summed E-state index contributed by atoms with van der Waals surface area (Å²) in [6.07, 6.45) is 7.00. The first-order chi connectivity index (χ1) is 9.19. The van der Waals surface area contributed by atoms with Crippen LogP contribution in [-0.2, 0) is 19.9 Å². The van der Waals surface area contributed by atoms with Gasteiger partial charge in [-0.3, -0.25) is 4.68 Å². The molecular weight excluding hydrogens is 258 g/mol. The zero-order chi connectivity index (χ0) is 13.7. The number of aryl methyl sites for hydroxylation is 2. The van der Waals surface area contributed by atoms with Crippen LogP contribution in [-0.4, -0.2) is 16.3 Å². The molecule has 4 heteroatoms. The van der Waals surface area contributed by atoms with E-state index < -0.39 is 0 Å². The molecule has 1 unspecified atom stereocenters. The molecule has 0 bridgehead atoms. The fourth-order valence-electron chi connectivity index (χ4n) is 2.25. The van der Waals surface area contributed by atoms with Gasteiger partial charge in [-0.25, -0.2) is 0 Å². The molecule has 3 nitrogen and oxygen atoms in total. The molecule has 0 amide bonds. The molecule has 0 radical (unpaired) electrons. The van der Waals surface area contributed by atoms with E-state index in [9.17, 15) is 0 Å². The van der Waals surface area contributed by atoms with Crippen LogP contribution in [0.4, 0.5) is 0 Å². The third kappa shape index (κ3) is 4.08. The lowest BCUT2D eigenvalue weighted by Crippen LogP contribution is -2.17. The molecule has 0 spiro atoms. The zero-order valence-corrected chi connectivity index (χ0v) is 12.0. The molecule has 0 saturated heterocycles. The second-order valence-electron chi connectivity index (χ2n) is 4.96. The number of benzene rings is 1. The maximum absolute atomic E-state index is 6.19. The average Bonchev–Trinajstić information content (AvgIpc) is 2.82. The van der Waals surface area contributed by atoms with Gasteiger partial charge in [-0.2, -0.15) is 5.10 Å². The summed E-state index contributed by atoms with van der Waals surface area (Å²) >= 11 is 6.19. The van der Waals surface area contributed by atoms with Gasteiger partial charge in [-0.15, -0.1) is 0 Å². The van der Waals surface area contributed by atoms with Crippen molar-refractivity contribution in [3.8, 4) is 0 Å². The standard InChI is InChI=1S/C15H20ClN3/c1-19-11-13(10-18-19)7-6-12(9-17)8-14-4-2-3-5-15(14)16/h2-5,10-12H,6-9,17H2,1H3. The molecular formula is C15H20ClN3. The van der Waals surface area contributed by atoms with Crippen LogP contribution >= 0.6 is 11.6 Å². The van der Waals surface area contributed by atoms with E-state index in [2.05, 4.69) is 17.4 Å². The van der Waals surface area contributed by atoms with E-state index in [1.54, 1.807) is 0 Å². The Morgan fingerprint density at radius 2 is 2.16 bits per heavy atom. The predicted octanol–water partition coefficient (Wildman–Crippen LogP) is 2.82. The third-order valence-corrected chi connectivity index (χ3v) is 3.77. The van der Waals surface area contributed by atoms with Crippen molar-refractivity contribution in [1.82, 2.24) is 9.78 Å². The lowest BCUT2D eigenvalue weighted by molar-refractivity contribution is 0.494. The Hall–Kier alpha value is -1.32. The van der Waals surface area contributed by atoms with E-state index in [-0.39, 0.29) is 0 Å². The molecule has 1 heterocycles. The molecule has 2 N–H and O–H groups in total. The minimum atomic E-state index is 0.458. The van der Waals surface area contributed by atoms with Crippen molar-refractivity contribution >= 4 is 11.6 Å². The van der Waals surface area contributed by atoms with Crippen molar-refractivity contribution in [2.24, 2.45) is 18.7 Å². The van der Waals surface area contributed by atoms with Gasteiger partial charge in [0.1, 0.15) is 0 Å². The Labute approximate surface area is 119 Å². The van der Waals surface area contributed by atoms with Crippen molar-refractivity contribution in [3.63, 3.8) is 0 Å². The minimum Gasteiger partial charge on any atom is -0.330 e. The molecule has 1 atom stereocenters. The van der Waals surface area contributed by atoms with Gasteiger partial charge in [-0.05, 0) is 48.9 Å². The van der Waals surface area contributed by atoms with Crippen molar-refractivity contribution in [2.45, 2.75) is 19.3 Å². The first-order valence-electron chi connectivity index (χ1n) is 6.60. The van der Waals surface area contributed by atoms with E-state index in [1.807, 2.05) is 36.1 Å². The van der Waals surface area contributed by atoms with Crippen molar-refractivity contribution in [1.29, 1.82) is 0 Å². The molecule has 1 aromatic carbocycles. The van der Waals surface area contributed by atoms with Crippen LogP contribution in [0, 0.1) is 5.92 Å². The Morgan fingerprint density at radius 3 is 2.79 bits per heavy atom. The van der Waals surface area contributed by atoms with E-state index in [0.717, 1.165) is 24.3 Å².